The second-order valence-electron chi connectivity index (χ2n) is 7.85. The van der Waals surface area contributed by atoms with E-state index in [1.54, 1.807) is 6.07 Å². The molecule has 1 aliphatic carbocycles. The number of hydrogen-bond acceptors (Lipinski definition) is 2. The summed E-state index contributed by atoms with van der Waals surface area (Å²) in [6.45, 7) is 7.21. The number of ketones is 1. The molecule has 5 rings (SSSR count). The minimum Gasteiger partial charge on any atom is -0.489 e. The van der Waals surface area contributed by atoms with Crippen molar-refractivity contribution in [1.82, 2.24) is 0 Å². The van der Waals surface area contributed by atoms with Crippen molar-refractivity contribution in [3.63, 3.8) is 0 Å². The number of Topliss-reactive ketones (excluding diaryl/α,β-unsaturated/α-hetero) is 1. The number of ether oxygens (including phenoxy) is 1. The lowest BCUT2D eigenvalue weighted by Gasteiger charge is -2.35. The summed E-state index contributed by atoms with van der Waals surface area (Å²) in [4.78, 5) is 16.5. The Balaban J connectivity index is 1.46. The van der Waals surface area contributed by atoms with Gasteiger partial charge < -0.3 is 4.74 Å². The van der Waals surface area contributed by atoms with Crippen LogP contribution in [0.3, 0.4) is 0 Å². The molecular formula is C26H21NO2. The SMILES string of the molecule is [C-]#[N+]c1cccc(-c2ccc3c(c2)C(=O)CC(C2CCCc4ccccc42)O3)c1. The summed E-state index contributed by atoms with van der Waals surface area (Å²) in [5, 5.41) is 0. The largest absolute Gasteiger partial charge is 0.489 e. The van der Waals surface area contributed by atoms with Crippen LogP contribution in [0.4, 0.5) is 5.69 Å². The van der Waals surface area contributed by atoms with Crippen LogP contribution in [-0.4, -0.2) is 11.9 Å². The van der Waals surface area contributed by atoms with Gasteiger partial charge in [-0.2, -0.15) is 0 Å². The van der Waals surface area contributed by atoms with Crippen LogP contribution in [0.25, 0.3) is 16.0 Å². The highest BCUT2D eigenvalue weighted by Gasteiger charge is 2.35. The monoisotopic (exact) mass is 379 g/mol. The fourth-order valence-electron chi connectivity index (χ4n) is 4.68. The van der Waals surface area contributed by atoms with Gasteiger partial charge in [0.1, 0.15) is 11.9 Å². The van der Waals surface area contributed by atoms with E-state index in [2.05, 4.69) is 29.1 Å². The number of aryl methyl sites for hydroxylation is 1. The van der Waals surface area contributed by atoms with E-state index in [0.717, 1.165) is 30.4 Å². The third-order valence-electron chi connectivity index (χ3n) is 6.12. The molecule has 2 unspecified atom stereocenters. The lowest BCUT2D eigenvalue weighted by molar-refractivity contribution is 0.0794. The maximum Gasteiger partial charge on any atom is 0.187 e. The minimum absolute atomic E-state index is 0.104. The molecule has 1 heterocycles. The normalized spacial score (nSPS) is 20.2. The Labute approximate surface area is 170 Å². The van der Waals surface area contributed by atoms with E-state index in [1.165, 1.54) is 11.1 Å². The molecule has 0 bridgehead atoms. The minimum atomic E-state index is -0.104. The Hall–Kier alpha value is -3.38. The fourth-order valence-corrected chi connectivity index (χ4v) is 4.68. The zero-order valence-electron chi connectivity index (χ0n) is 16.1. The molecule has 142 valence electrons. The zero-order chi connectivity index (χ0) is 19.8. The molecule has 3 heteroatoms. The van der Waals surface area contributed by atoms with Gasteiger partial charge in [-0.1, -0.05) is 48.5 Å². The van der Waals surface area contributed by atoms with Gasteiger partial charge in [0.05, 0.1) is 12.1 Å². The molecule has 0 radical (unpaired) electrons. The predicted octanol–water partition coefficient (Wildman–Crippen LogP) is 6.36. The summed E-state index contributed by atoms with van der Waals surface area (Å²) in [6.07, 6.45) is 3.62. The average molecular weight is 379 g/mol. The molecule has 3 nitrogen and oxygen atoms in total. The van der Waals surface area contributed by atoms with Crippen LogP contribution in [-0.2, 0) is 6.42 Å². The number of carbonyl (C=O) groups excluding carboxylic acids is 1. The summed E-state index contributed by atoms with van der Waals surface area (Å²) in [6, 6.07) is 21.8. The molecule has 0 fully saturated rings. The van der Waals surface area contributed by atoms with Gasteiger partial charge in [0.15, 0.2) is 11.5 Å². The Morgan fingerprint density at radius 3 is 2.72 bits per heavy atom. The van der Waals surface area contributed by atoms with Crippen molar-refractivity contribution < 1.29 is 9.53 Å². The number of fused-ring (bicyclic) bond motifs is 2. The predicted molar refractivity (Wildman–Crippen MR) is 114 cm³/mol. The first-order valence-electron chi connectivity index (χ1n) is 10.1. The lowest BCUT2D eigenvalue weighted by atomic mass is 9.77. The number of hydrogen-bond donors (Lipinski definition) is 0. The molecule has 0 N–H and O–H groups in total. The standard InChI is InChI=1S/C26H21NO2/c1-27-20-9-4-8-18(14-20)19-12-13-25-23(15-19)24(28)16-26(29-25)22-11-5-7-17-6-2-3-10-21(17)22/h2-4,6,8-10,12-15,22,26H,5,7,11,16H2. The zero-order valence-corrected chi connectivity index (χ0v) is 16.1. The Morgan fingerprint density at radius 2 is 1.83 bits per heavy atom. The lowest BCUT2D eigenvalue weighted by Crippen LogP contribution is -2.34. The van der Waals surface area contributed by atoms with Crippen molar-refractivity contribution in [2.45, 2.75) is 37.7 Å². The van der Waals surface area contributed by atoms with Gasteiger partial charge >= 0.3 is 0 Å². The van der Waals surface area contributed by atoms with Gasteiger partial charge in [-0.3, -0.25) is 4.79 Å². The van der Waals surface area contributed by atoms with E-state index in [0.29, 0.717) is 23.4 Å². The second kappa shape index (κ2) is 7.22. The maximum absolute atomic E-state index is 13.0. The molecule has 0 amide bonds. The smallest absolute Gasteiger partial charge is 0.187 e. The first-order chi connectivity index (χ1) is 14.2. The molecule has 0 aromatic heterocycles. The summed E-state index contributed by atoms with van der Waals surface area (Å²) in [5.74, 6) is 1.09. The van der Waals surface area contributed by atoms with E-state index in [9.17, 15) is 4.79 Å². The van der Waals surface area contributed by atoms with Crippen molar-refractivity contribution >= 4 is 11.5 Å². The number of carbonyl (C=O) groups is 1. The molecular weight excluding hydrogens is 358 g/mol. The van der Waals surface area contributed by atoms with Gasteiger partial charge in [0.25, 0.3) is 0 Å². The van der Waals surface area contributed by atoms with Gasteiger partial charge in [0, 0.05) is 12.3 Å². The molecule has 1 aliphatic heterocycles. The molecule has 29 heavy (non-hydrogen) atoms. The van der Waals surface area contributed by atoms with Crippen LogP contribution in [0.2, 0.25) is 0 Å². The number of rotatable bonds is 2. The van der Waals surface area contributed by atoms with E-state index < -0.39 is 0 Å². The van der Waals surface area contributed by atoms with Crippen LogP contribution in [0.15, 0.2) is 66.7 Å². The van der Waals surface area contributed by atoms with Crippen molar-refractivity contribution in [3.05, 3.63) is 94.8 Å². The highest BCUT2D eigenvalue weighted by atomic mass is 16.5. The van der Waals surface area contributed by atoms with Crippen molar-refractivity contribution in [1.29, 1.82) is 0 Å². The van der Waals surface area contributed by atoms with Crippen molar-refractivity contribution in [3.8, 4) is 16.9 Å². The summed E-state index contributed by atoms with van der Waals surface area (Å²) >= 11 is 0. The van der Waals surface area contributed by atoms with Crippen LogP contribution in [0, 0.1) is 6.57 Å². The van der Waals surface area contributed by atoms with Crippen molar-refractivity contribution in [2.24, 2.45) is 0 Å². The van der Waals surface area contributed by atoms with Gasteiger partial charge in [-0.25, -0.2) is 4.85 Å². The highest BCUT2D eigenvalue weighted by Crippen LogP contribution is 2.41. The summed E-state index contributed by atoms with van der Waals surface area (Å²) < 4.78 is 6.37. The first-order valence-corrected chi connectivity index (χ1v) is 10.1. The van der Waals surface area contributed by atoms with Gasteiger partial charge in [-0.05, 0) is 59.7 Å². The van der Waals surface area contributed by atoms with E-state index in [-0.39, 0.29) is 17.8 Å². The molecule has 2 aliphatic rings. The molecule has 0 saturated carbocycles. The Morgan fingerprint density at radius 1 is 0.966 bits per heavy atom. The third kappa shape index (κ3) is 3.21. The van der Waals surface area contributed by atoms with Gasteiger partial charge in [-0.15, -0.1) is 0 Å². The highest BCUT2D eigenvalue weighted by molar-refractivity contribution is 6.01. The van der Waals surface area contributed by atoms with Crippen LogP contribution < -0.4 is 4.74 Å². The quantitative estimate of drug-likeness (QED) is 0.485. The molecule has 3 aromatic rings. The molecule has 0 spiro atoms. The van der Waals surface area contributed by atoms with Crippen LogP contribution in [0.1, 0.15) is 46.7 Å². The number of benzene rings is 3. The van der Waals surface area contributed by atoms with E-state index in [4.69, 9.17) is 11.3 Å². The second-order valence-corrected chi connectivity index (χ2v) is 7.85. The van der Waals surface area contributed by atoms with Crippen LogP contribution in [0.5, 0.6) is 5.75 Å². The van der Waals surface area contributed by atoms with Gasteiger partial charge in [0.2, 0.25) is 0 Å². The van der Waals surface area contributed by atoms with Crippen molar-refractivity contribution in [2.75, 3.05) is 0 Å². The maximum atomic E-state index is 13.0. The Kier molecular flexibility index (Phi) is 4.41. The number of nitrogens with zero attached hydrogens (tertiary/aromatic N) is 1. The topological polar surface area (TPSA) is 30.7 Å². The summed E-state index contributed by atoms with van der Waals surface area (Å²) in [7, 11) is 0. The molecule has 3 aromatic carbocycles. The van der Waals surface area contributed by atoms with Crippen LogP contribution >= 0.6 is 0 Å². The average Bonchev–Trinajstić information content (AvgIpc) is 2.78. The van der Waals surface area contributed by atoms with E-state index >= 15 is 0 Å². The molecule has 0 saturated heterocycles. The fraction of sp³-hybridized carbons (Fsp3) is 0.231. The van der Waals surface area contributed by atoms with E-state index in [1.807, 2.05) is 36.4 Å². The Bertz CT molecular complexity index is 1140. The third-order valence-corrected chi connectivity index (χ3v) is 6.12. The molecule has 2 atom stereocenters. The summed E-state index contributed by atoms with van der Waals surface area (Å²) in [5.41, 5.74) is 5.85. The first kappa shape index (κ1) is 17.7.